The van der Waals surface area contributed by atoms with E-state index in [4.69, 9.17) is 4.74 Å². The van der Waals surface area contributed by atoms with Crippen LogP contribution in [0.1, 0.15) is 50.2 Å². The van der Waals surface area contributed by atoms with E-state index in [1.165, 1.54) is 13.2 Å². The van der Waals surface area contributed by atoms with Gasteiger partial charge in [-0.1, -0.05) is 43.3 Å². The summed E-state index contributed by atoms with van der Waals surface area (Å²) >= 11 is 0. The average Bonchev–Trinajstić information content (AvgIpc) is 2.98. The number of amides is 2. The monoisotopic (exact) mass is 557 g/mol. The molecule has 0 spiro atoms. The van der Waals surface area contributed by atoms with E-state index in [0.717, 1.165) is 18.4 Å². The number of rotatable bonds is 13. The van der Waals surface area contributed by atoms with Crippen LogP contribution in [0.15, 0.2) is 42.5 Å². The third kappa shape index (κ3) is 7.80. The van der Waals surface area contributed by atoms with Crippen molar-refractivity contribution in [3.63, 3.8) is 0 Å². The molecule has 2 aromatic carbocycles. The van der Waals surface area contributed by atoms with Gasteiger partial charge in [0.25, 0.3) is 0 Å². The van der Waals surface area contributed by atoms with Crippen LogP contribution in [0.5, 0.6) is 0 Å². The molecule has 220 valence electrons. The Labute approximate surface area is 237 Å². The van der Waals surface area contributed by atoms with Gasteiger partial charge >= 0.3 is 6.09 Å². The second kappa shape index (κ2) is 15.1. The minimum absolute atomic E-state index is 0.0309. The van der Waals surface area contributed by atoms with Gasteiger partial charge in [-0.15, -0.1) is 0 Å². The van der Waals surface area contributed by atoms with Gasteiger partial charge in [-0.3, -0.25) is 4.79 Å². The summed E-state index contributed by atoms with van der Waals surface area (Å²) in [5, 5.41) is 18.3. The number of carbonyl (C=O) groups excluding carboxylic acids is 2. The lowest BCUT2D eigenvalue weighted by Crippen LogP contribution is -2.49. The molecule has 0 radical (unpaired) electrons. The zero-order valence-electron chi connectivity index (χ0n) is 24.2. The van der Waals surface area contributed by atoms with E-state index in [1.54, 1.807) is 24.1 Å². The van der Waals surface area contributed by atoms with Crippen molar-refractivity contribution >= 4 is 12.0 Å². The van der Waals surface area contributed by atoms with Crippen molar-refractivity contribution < 1.29 is 28.6 Å². The van der Waals surface area contributed by atoms with E-state index in [2.05, 4.69) is 15.4 Å². The SMILES string of the molecule is CCc1cccc(-c2c(F)cccc2C(O)(CCCNC(=O)OC)C2CCCN(C(=O)CC(CNC)OC)C2)c1. The number of halogens is 1. The summed E-state index contributed by atoms with van der Waals surface area (Å²) in [6.45, 7) is 3.84. The highest BCUT2D eigenvalue weighted by Gasteiger charge is 2.43. The summed E-state index contributed by atoms with van der Waals surface area (Å²) in [5.41, 5.74) is 1.21. The van der Waals surface area contributed by atoms with E-state index < -0.39 is 17.5 Å². The molecule has 0 bridgehead atoms. The van der Waals surface area contributed by atoms with Gasteiger partial charge in [-0.2, -0.15) is 0 Å². The van der Waals surface area contributed by atoms with Crippen molar-refractivity contribution in [1.82, 2.24) is 15.5 Å². The molecule has 3 N–H and O–H groups in total. The lowest BCUT2D eigenvalue weighted by atomic mass is 9.72. The molecule has 1 aliphatic heterocycles. The standard InChI is InChI=1S/C31H44FN3O5/c1-5-22-10-6-11-23(18-22)29-26(13-7-14-27(29)32)31(38,15-9-16-34-30(37)40-4)24-12-8-17-35(21-24)28(36)19-25(39-3)20-33-2/h6-7,10-11,13-14,18,24-25,33,38H,5,8-9,12,15-17,19-21H2,1-4H3,(H,34,37). The van der Waals surface area contributed by atoms with Gasteiger partial charge in [0.05, 0.1) is 25.2 Å². The maximum Gasteiger partial charge on any atom is 0.406 e. The zero-order valence-corrected chi connectivity index (χ0v) is 24.2. The molecule has 1 fully saturated rings. The number of hydrogen-bond donors (Lipinski definition) is 3. The quantitative estimate of drug-likeness (QED) is 0.319. The molecular formula is C31H44FN3O5. The number of likely N-dealkylation sites (N-methyl/N-ethyl adjacent to an activating group) is 1. The Kier molecular flexibility index (Phi) is 11.9. The second-order valence-electron chi connectivity index (χ2n) is 10.5. The number of carbonyl (C=O) groups is 2. The van der Waals surface area contributed by atoms with Gasteiger partial charge in [0, 0.05) is 44.8 Å². The van der Waals surface area contributed by atoms with Crippen LogP contribution in [-0.4, -0.2) is 75.6 Å². The van der Waals surface area contributed by atoms with Gasteiger partial charge in [-0.05, 0) is 61.9 Å². The molecule has 1 aliphatic rings. The summed E-state index contributed by atoms with van der Waals surface area (Å²) in [6.07, 6.45) is 2.36. The third-order valence-electron chi connectivity index (χ3n) is 7.91. The Morgan fingerprint density at radius 2 is 2.00 bits per heavy atom. The fraction of sp³-hybridized carbons (Fsp3) is 0.548. The molecule has 9 heteroatoms. The number of ether oxygens (including phenoxy) is 2. The minimum atomic E-state index is -1.44. The van der Waals surface area contributed by atoms with Crippen LogP contribution in [0.25, 0.3) is 11.1 Å². The second-order valence-corrected chi connectivity index (χ2v) is 10.5. The predicted molar refractivity (Wildman–Crippen MR) is 153 cm³/mol. The predicted octanol–water partition coefficient (Wildman–Crippen LogP) is 4.24. The first-order valence-corrected chi connectivity index (χ1v) is 14.1. The molecule has 3 unspecified atom stereocenters. The van der Waals surface area contributed by atoms with Gasteiger partial charge in [0.1, 0.15) is 5.82 Å². The number of likely N-dealkylation sites (tertiary alicyclic amines) is 1. The van der Waals surface area contributed by atoms with Gasteiger partial charge in [0.15, 0.2) is 0 Å². The number of aryl methyl sites for hydroxylation is 1. The van der Waals surface area contributed by atoms with Crippen LogP contribution >= 0.6 is 0 Å². The van der Waals surface area contributed by atoms with Crippen LogP contribution < -0.4 is 10.6 Å². The van der Waals surface area contributed by atoms with Crippen molar-refractivity contribution in [2.75, 3.05) is 47.4 Å². The van der Waals surface area contributed by atoms with E-state index in [9.17, 15) is 14.7 Å². The van der Waals surface area contributed by atoms with Gasteiger partial charge in [-0.25, -0.2) is 9.18 Å². The number of nitrogens with one attached hydrogen (secondary N) is 2. The Hall–Kier alpha value is -3.01. The zero-order chi connectivity index (χ0) is 29.1. The van der Waals surface area contributed by atoms with E-state index in [1.807, 2.05) is 38.2 Å². The smallest absolute Gasteiger partial charge is 0.406 e. The highest BCUT2D eigenvalue weighted by atomic mass is 19.1. The van der Waals surface area contributed by atoms with E-state index in [-0.39, 0.29) is 30.8 Å². The summed E-state index contributed by atoms with van der Waals surface area (Å²) in [4.78, 5) is 26.7. The first kappa shape index (κ1) is 31.5. The third-order valence-corrected chi connectivity index (χ3v) is 7.91. The maximum absolute atomic E-state index is 15.6. The number of nitrogens with zero attached hydrogens (tertiary/aromatic N) is 1. The van der Waals surface area contributed by atoms with Crippen molar-refractivity contribution in [1.29, 1.82) is 0 Å². The Balaban J connectivity index is 1.98. The molecular weight excluding hydrogens is 513 g/mol. The summed E-state index contributed by atoms with van der Waals surface area (Å²) in [6, 6.07) is 12.6. The molecule has 0 saturated carbocycles. The fourth-order valence-corrected chi connectivity index (χ4v) is 5.69. The van der Waals surface area contributed by atoms with Crippen molar-refractivity contribution in [3.8, 4) is 11.1 Å². The molecule has 3 rings (SSSR count). The van der Waals surface area contributed by atoms with Crippen molar-refractivity contribution in [3.05, 3.63) is 59.4 Å². The van der Waals surface area contributed by atoms with Crippen LogP contribution in [0.3, 0.4) is 0 Å². The Morgan fingerprint density at radius 1 is 1.23 bits per heavy atom. The first-order chi connectivity index (χ1) is 19.3. The molecule has 0 aliphatic carbocycles. The van der Waals surface area contributed by atoms with Crippen molar-refractivity contribution in [2.45, 2.75) is 57.2 Å². The topological polar surface area (TPSA) is 100 Å². The summed E-state index contributed by atoms with van der Waals surface area (Å²) in [7, 11) is 4.71. The molecule has 2 aromatic rings. The largest absolute Gasteiger partial charge is 0.453 e. The minimum Gasteiger partial charge on any atom is -0.453 e. The highest BCUT2D eigenvalue weighted by Crippen LogP contribution is 2.44. The molecule has 8 nitrogen and oxygen atoms in total. The van der Waals surface area contributed by atoms with Crippen LogP contribution in [0, 0.1) is 11.7 Å². The molecule has 1 saturated heterocycles. The Bertz CT molecular complexity index is 1130. The number of methoxy groups -OCH3 is 2. The first-order valence-electron chi connectivity index (χ1n) is 14.1. The number of alkyl carbamates (subject to hydrolysis) is 1. The van der Waals surface area contributed by atoms with E-state index >= 15 is 4.39 Å². The van der Waals surface area contributed by atoms with Crippen LogP contribution in [0.2, 0.25) is 0 Å². The normalized spacial score (nSPS) is 17.6. The fourth-order valence-electron chi connectivity index (χ4n) is 5.69. The van der Waals surface area contributed by atoms with Gasteiger partial charge < -0.3 is 30.1 Å². The Morgan fingerprint density at radius 3 is 2.70 bits per heavy atom. The summed E-state index contributed by atoms with van der Waals surface area (Å²) < 4.78 is 25.7. The van der Waals surface area contributed by atoms with Crippen LogP contribution in [0.4, 0.5) is 9.18 Å². The molecule has 1 heterocycles. The molecule has 2 amide bonds. The summed E-state index contributed by atoms with van der Waals surface area (Å²) in [5.74, 6) is -0.768. The van der Waals surface area contributed by atoms with Crippen molar-refractivity contribution in [2.24, 2.45) is 5.92 Å². The molecule has 40 heavy (non-hydrogen) atoms. The number of aliphatic hydroxyl groups is 1. The number of piperidine rings is 1. The lowest BCUT2D eigenvalue weighted by Gasteiger charge is -2.44. The average molecular weight is 558 g/mol. The lowest BCUT2D eigenvalue weighted by molar-refractivity contribution is -0.139. The number of benzene rings is 2. The highest BCUT2D eigenvalue weighted by molar-refractivity contribution is 5.77. The van der Waals surface area contributed by atoms with Crippen LogP contribution in [-0.2, 0) is 26.3 Å². The number of hydrogen-bond acceptors (Lipinski definition) is 6. The van der Waals surface area contributed by atoms with E-state index in [0.29, 0.717) is 55.7 Å². The molecule has 3 atom stereocenters. The van der Waals surface area contributed by atoms with Gasteiger partial charge in [0.2, 0.25) is 5.91 Å². The maximum atomic E-state index is 15.6. The molecule has 0 aromatic heterocycles.